The third kappa shape index (κ3) is 8.49. The van der Waals surface area contributed by atoms with Gasteiger partial charge in [-0.05, 0) is 12.8 Å². The van der Waals surface area contributed by atoms with Crippen LogP contribution in [0.5, 0.6) is 0 Å². The summed E-state index contributed by atoms with van der Waals surface area (Å²) in [6, 6.07) is 0. The number of ether oxygens (including phenoxy) is 2. The molecule has 0 aliphatic carbocycles. The lowest BCUT2D eigenvalue weighted by Gasteiger charge is -2.15. The molecule has 0 rings (SSSR count). The Balaban J connectivity index is 3.48. The molecule has 0 aliphatic heterocycles. The van der Waals surface area contributed by atoms with Gasteiger partial charge in [-0.2, -0.15) is 0 Å². The summed E-state index contributed by atoms with van der Waals surface area (Å²) in [6.45, 7) is 6.09. The van der Waals surface area contributed by atoms with E-state index < -0.39 is 0 Å². The molecule has 0 aromatic heterocycles. The maximum Gasteiger partial charge on any atom is 0.141 e. The molecule has 0 amide bonds. The molecule has 0 radical (unpaired) electrons. The largest absolute Gasteiger partial charge is 0.409 e. The zero-order valence-electron chi connectivity index (χ0n) is 10.3. The summed E-state index contributed by atoms with van der Waals surface area (Å²) in [5.74, 6) is 0.207. The lowest BCUT2D eigenvalue weighted by molar-refractivity contribution is 0.00554. The van der Waals surface area contributed by atoms with E-state index in [1.54, 1.807) is 0 Å². The number of amidine groups is 1. The number of nitrogens with two attached hydrogens (primary N) is 1. The average Bonchev–Trinajstić information content (AvgIpc) is 2.31. The Bertz CT molecular complexity index is 186. The van der Waals surface area contributed by atoms with Gasteiger partial charge in [-0.1, -0.05) is 25.4 Å². The topological polar surface area (TPSA) is 77.1 Å². The third-order valence-electron chi connectivity index (χ3n) is 2.24. The first-order chi connectivity index (χ1) is 7.74. The molecule has 5 heteroatoms. The Morgan fingerprint density at radius 3 is 2.62 bits per heavy atom. The Hall–Kier alpha value is -0.810. The van der Waals surface area contributed by atoms with Crippen LogP contribution in [0.2, 0.25) is 0 Å². The van der Waals surface area contributed by atoms with Gasteiger partial charge >= 0.3 is 0 Å². The standard InChI is InChI=1S/C11H24N2O3/c1-3-5-6-15-7-8-16-10(4-2)9-11(12)13-14/h10,14H,3-9H2,1-2H3,(H2,12,13). The van der Waals surface area contributed by atoms with Crippen molar-refractivity contribution in [3.05, 3.63) is 0 Å². The summed E-state index contributed by atoms with van der Waals surface area (Å²) >= 11 is 0. The number of oxime groups is 1. The van der Waals surface area contributed by atoms with Gasteiger partial charge < -0.3 is 20.4 Å². The second kappa shape index (κ2) is 10.7. The molecular formula is C11H24N2O3. The van der Waals surface area contributed by atoms with Gasteiger partial charge in [0.05, 0.1) is 19.3 Å². The lowest BCUT2D eigenvalue weighted by atomic mass is 10.2. The quantitative estimate of drug-likeness (QED) is 0.198. The van der Waals surface area contributed by atoms with Gasteiger partial charge in [-0.25, -0.2) is 0 Å². The van der Waals surface area contributed by atoms with Crippen LogP contribution < -0.4 is 5.73 Å². The highest BCUT2D eigenvalue weighted by Gasteiger charge is 2.08. The Kier molecular flexibility index (Phi) is 10.2. The van der Waals surface area contributed by atoms with Gasteiger partial charge in [0.2, 0.25) is 0 Å². The van der Waals surface area contributed by atoms with Crippen LogP contribution in [-0.4, -0.2) is 37.0 Å². The summed E-state index contributed by atoms with van der Waals surface area (Å²) in [6.07, 6.45) is 3.53. The van der Waals surface area contributed by atoms with Gasteiger partial charge in [0.25, 0.3) is 0 Å². The van der Waals surface area contributed by atoms with Crippen LogP contribution in [-0.2, 0) is 9.47 Å². The minimum atomic E-state index is 0.00525. The molecule has 0 spiro atoms. The highest BCUT2D eigenvalue weighted by molar-refractivity contribution is 5.80. The number of rotatable bonds is 10. The van der Waals surface area contributed by atoms with Crippen molar-refractivity contribution in [3.63, 3.8) is 0 Å². The predicted molar refractivity (Wildman–Crippen MR) is 63.8 cm³/mol. The van der Waals surface area contributed by atoms with Crippen molar-refractivity contribution >= 4 is 5.84 Å². The lowest BCUT2D eigenvalue weighted by Crippen LogP contribution is -2.24. The van der Waals surface area contributed by atoms with E-state index >= 15 is 0 Å². The zero-order valence-corrected chi connectivity index (χ0v) is 10.3. The van der Waals surface area contributed by atoms with Gasteiger partial charge in [0, 0.05) is 13.0 Å². The van der Waals surface area contributed by atoms with Crippen molar-refractivity contribution in [1.29, 1.82) is 0 Å². The zero-order chi connectivity index (χ0) is 12.2. The third-order valence-corrected chi connectivity index (χ3v) is 2.24. The first-order valence-electron chi connectivity index (χ1n) is 5.90. The van der Waals surface area contributed by atoms with Crippen LogP contribution >= 0.6 is 0 Å². The molecule has 0 aliphatic rings. The van der Waals surface area contributed by atoms with Crippen LogP contribution in [0.1, 0.15) is 39.5 Å². The minimum Gasteiger partial charge on any atom is -0.409 e. The summed E-state index contributed by atoms with van der Waals surface area (Å²) in [5.41, 5.74) is 5.41. The van der Waals surface area contributed by atoms with Gasteiger partial charge in [-0.15, -0.1) is 0 Å². The molecular weight excluding hydrogens is 208 g/mol. The first-order valence-corrected chi connectivity index (χ1v) is 5.90. The van der Waals surface area contributed by atoms with Crippen molar-refractivity contribution < 1.29 is 14.7 Å². The fraction of sp³-hybridized carbons (Fsp3) is 0.909. The molecule has 1 atom stereocenters. The second-order valence-corrected chi connectivity index (χ2v) is 3.66. The van der Waals surface area contributed by atoms with Crippen LogP contribution in [0.3, 0.4) is 0 Å². The van der Waals surface area contributed by atoms with Gasteiger partial charge in [-0.3, -0.25) is 0 Å². The van der Waals surface area contributed by atoms with Crippen molar-refractivity contribution in [3.8, 4) is 0 Å². The van der Waals surface area contributed by atoms with E-state index in [1.165, 1.54) is 0 Å². The molecule has 0 saturated heterocycles. The molecule has 0 heterocycles. The fourth-order valence-corrected chi connectivity index (χ4v) is 1.22. The van der Waals surface area contributed by atoms with Crippen LogP contribution in [0, 0.1) is 0 Å². The predicted octanol–water partition coefficient (Wildman–Crippen LogP) is 1.73. The van der Waals surface area contributed by atoms with Crippen molar-refractivity contribution in [2.45, 2.75) is 45.6 Å². The van der Waals surface area contributed by atoms with Crippen LogP contribution in [0.15, 0.2) is 5.16 Å². The maximum absolute atomic E-state index is 8.43. The SMILES string of the molecule is CCCCOCCOC(CC)C/C(N)=N/O. The summed E-state index contributed by atoms with van der Waals surface area (Å²) < 4.78 is 10.9. The normalized spacial score (nSPS) is 14.0. The van der Waals surface area contributed by atoms with Crippen LogP contribution in [0.25, 0.3) is 0 Å². The summed E-state index contributed by atoms with van der Waals surface area (Å²) in [4.78, 5) is 0. The molecule has 0 bridgehead atoms. The molecule has 16 heavy (non-hydrogen) atoms. The van der Waals surface area contributed by atoms with Crippen LogP contribution in [0.4, 0.5) is 0 Å². The number of hydrogen-bond acceptors (Lipinski definition) is 4. The minimum absolute atomic E-state index is 0.00525. The van der Waals surface area contributed by atoms with E-state index in [4.69, 9.17) is 20.4 Å². The molecule has 96 valence electrons. The highest BCUT2D eigenvalue weighted by Crippen LogP contribution is 2.03. The van der Waals surface area contributed by atoms with E-state index in [1.807, 2.05) is 6.92 Å². The Morgan fingerprint density at radius 1 is 1.31 bits per heavy atom. The monoisotopic (exact) mass is 232 g/mol. The van der Waals surface area contributed by atoms with E-state index in [2.05, 4.69) is 12.1 Å². The fourth-order valence-electron chi connectivity index (χ4n) is 1.22. The first kappa shape index (κ1) is 15.2. The Morgan fingerprint density at radius 2 is 2.06 bits per heavy atom. The molecule has 3 N–H and O–H groups in total. The second-order valence-electron chi connectivity index (χ2n) is 3.66. The molecule has 1 unspecified atom stereocenters. The van der Waals surface area contributed by atoms with E-state index in [0.717, 1.165) is 25.9 Å². The molecule has 5 nitrogen and oxygen atoms in total. The maximum atomic E-state index is 8.43. The van der Waals surface area contributed by atoms with E-state index in [-0.39, 0.29) is 11.9 Å². The number of nitrogens with zero attached hydrogens (tertiary/aromatic N) is 1. The molecule has 0 aromatic carbocycles. The number of hydrogen-bond donors (Lipinski definition) is 2. The highest BCUT2D eigenvalue weighted by atomic mass is 16.5. The summed E-state index contributed by atoms with van der Waals surface area (Å²) in [7, 11) is 0. The van der Waals surface area contributed by atoms with Gasteiger partial charge in [0.1, 0.15) is 5.84 Å². The molecule has 0 aromatic rings. The smallest absolute Gasteiger partial charge is 0.141 e. The van der Waals surface area contributed by atoms with E-state index in [9.17, 15) is 0 Å². The molecule has 0 fully saturated rings. The molecule has 0 saturated carbocycles. The van der Waals surface area contributed by atoms with E-state index in [0.29, 0.717) is 19.6 Å². The van der Waals surface area contributed by atoms with Gasteiger partial charge in [0.15, 0.2) is 0 Å². The van der Waals surface area contributed by atoms with Crippen molar-refractivity contribution in [2.75, 3.05) is 19.8 Å². The average molecular weight is 232 g/mol. The number of unbranched alkanes of at least 4 members (excludes halogenated alkanes) is 1. The van der Waals surface area contributed by atoms with Crippen molar-refractivity contribution in [1.82, 2.24) is 0 Å². The van der Waals surface area contributed by atoms with Crippen molar-refractivity contribution in [2.24, 2.45) is 10.9 Å². The Labute approximate surface area is 97.6 Å². The summed E-state index contributed by atoms with van der Waals surface area (Å²) in [5, 5.41) is 11.4.